The maximum absolute atomic E-state index is 13.6. The Morgan fingerprint density at radius 2 is 2.00 bits per heavy atom. The largest absolute Gasteiger partial charge is 0.493 e. The molecule has 3 aromatic rings. The van der Waals surface area contributed by atoms with Crippen LogP contribution in [-0.4, -0.2) is 34.3 Å². The summed E-state index contributed by atoms with van der Waals surface area (Å²) < 4.78 is 13.5. The van der Waals surface area contributed by atoms with Crippen LogP contribution in [0.4, 0.5) is 5.95 Å². The number of hydrogen-bond donors (Lipinski definition) is 1. The van der Waals surface area contributed by atoms with Gasteiger partial charge < -0.3 is 14.8 Å². The Kier molecular flexibility index (Phi) is 7.73. The summed E-state index contributed by atoms with van der Waals surface area (Å²) in [5.41, 5.74) is 3.45. The fraction of sp³-hybridized carbons (Fsp3) is 0.414. The minimum atomic E-state index is -0.411. The second kappa shape index (κ2) is 11.0. The Morgan fingerprint density at radius 3 is 2.76 bits per heavy atom. The highest BCUT2D eigenvalue weighted by Gasteiger charge is 2.42. The van der Waals surface area contributed by atoms with Crippen LogP contribution in [0.5, 0.6) is 11.5 Å². The smallest absolute Gasteiger partial charge is 0.227 e. The summed E-state index contributed by atoms with van der Waals surface area (Å²) in [4.78, 5) is 18.4. The first-order valence-electron chi connectivity index (χ1n) is 13.0. The van der Waals surface area contributed by atoms with Crippen molar-refractivity contribution >= 4 is 35.1 Å². The third-order valence-corrected chi connectivity index (χ3v) is 8.14. The zero-order valence-electron chi connectivity index (χ0n) is 22.2. The van der Waals surface area contributed by atoms with Crippen molar-refractivity contribution < 1.29 is 14.3 Å². The molecule has 1 unspecified atom stereocenters. The normalized spacial score (nSPS) is 18.0. The molecule has 0 fully saturated rings. The van der Waals surface area contributed by atoms with Gasteiger partial charge in [0, 0.05) is 28.5 Å². The highest BCUT2D eigenvalue weighted by Crippen LogP contribution is 2.46. The third kappa shape index (κ3) is 5.43. The molecular weight excluding hydrogens is 520 g/mol. The second-order valence-corrected chi connectivity index (χ2v) is 11.9. The number of thioether (sulfide) groups is 1. The van der Waals surface area contributed by atoms with E-state index < -0.39 is 6.04 Å². The number of hydrogen-bond acceptors (Lipinski definition) is 7. The van der Waals surface area contributed by atoms with Crippen molar-refractivity contribution in [3.63, 3.8) is 0 Å². The quantitative estimate of drug-likeness (QED) is 0.225. The molecule has 0 bridgehead atoms. The molecule has 1 aliphatic heterocycles. The molecule has 0 amide bonds. The van der Waals surface area contributed by atoms with Gasteiger partial charge in [0.05, 0.1) is 13.7 Å². The van der Waals surface area contributed by atoms with E-state index in [4.69, 9.17) is 31.2 Å². The number of Topliss-reactive ketones (excluding diaryl/α,β-unsaturated/α-hetero) is 1. The summed E-state index contributed by atoms with van der Waals surface area (Å²) in [7, 11) is 1.64. The van der Waals surface area contributed by atoms with Gasteiger partial charge in [0.2, 0.25) is 11.1 Å². The van der Waals surface area contributed by atoms with Crippen LogP contribution in [0.3, 0.4) is 0 Å². The Balaban J connectivity index is 1.52. The molecule has 0 saturated heterocycles. The van der Waals surface area contributed by atoms with Gasteiger partial charge in [-0.15, -0.1) is 5.10 Å². The first-order valence-corrected chi connectivity index (χ1v) is 14.3. The number of unbranched alkanes of at least 4 members (excludes halogenated alkanes) is 1. The van der Waals surface area contributed by atoms with Crippen LogP contribution in [0.1, 0.15) is 63.6 Å². The van der Waals surface area contributed by atoms with E-state index in [1.54, 1.807) is 7.11 Å². The SMILES string of the molecule is CCCCOc1ccc(C2C3=C(CC(C)(C)CC3=O)Nc3nc(SCc4ccccc4Cl)nn32)cc1OC. The molecule has 0 radical (unpaired) electrons. The van der Waals surface area contributed by atoms with Crippen LogP contribution >= 0.6 is 23.4 Å². The Morgan fingerprint density at radius 1 is 1.18 bits per heavy atom. The van der Waals surface area contributed by atoms with Crippen molar-refractivity contribution in [2.24, 2.45) is 5.41 Å². The van der Waals surface area contributed by atoms with Crippen molar-refractivity contribution in [1.29, 1.82) is 0 Å². The van der Waals surface area contributed by atoms with E-state index in [0.717, 1.165) is 46.7 Å². The lowest BCUT2D eigenvalue weighted by Crippen LogP contribution is -2.36. The van der Waals surface area contributed by atoms with Gasteiger partial charge in [0.1, 0.15) is 6.04 Å². The molecule has 1 N–H and O–H groups in total. The molecule has 0 spiro atoms. The van der Waals surface area contributed by atoms with E-state index in [0.29, 0.717) is 41.4 Å². The standard InChI is InChI=1S/C29H33ClN4O3S/c1-5-6-13-37-23-12-11-18(14-24(23)36-4)26-25-21(15-29(2,3)16-22(25)35)31-27-32-28(33-34(26)27)38-17-19-9-7-8-10-20(19)30/h7-12,14,26H,5-6,13,15-17H2,1-4H3,(H,31,32,33). The molecule has 7 nitrogen and oxygen atoms in total. The van der Waals surface area contributed by atoms with Crippen molar-refractivity contribution in [2.45, 2.75) is 63.4 Å². The number of carbonyl (C=O) groups is 1. The van der Waals surface area contributed by atoms with Gasteiger partial charge in [-0.3, -0.25) is 4.79 Å². The molecule has 1 aromatic heterocycles. The van der Waals surface area contributed by atoms with Gasteiger partial charge in [-0.25, -0.2) is 4.68 Å². The molecule has 2 aliphatic rings. The number of nitrogens with one attached hydrogen (secondary N) is 1. The summed E-state index contributed by atoms with van der Waals surface area (Å²) in [5, 5.41) is 9.64. The van der Waals surface area contributed by atoms with Crippen molar-refractivity contribution in [2.75, 3.05) is 19.0 Å². The predicted molar refractivity (Wildman–Crippen MR) is 151 cm³/mol. The van der Waals surface area contributed by atoms with Crippen LogP contribution in [0, 0.1) is 5.41 Å². The summed E-state index contributed by atoms with van der Waals surface area (Å²) in [6.07, 6.45) is 3.26. The maximum Gasteiger partial charge on any atom is 0.227 e. The number of ketones is 1. The lowest BCUT2D eigenvalue weighted by molar-refractivity contribution is -0.118. The van der Waals surface area contributed by atoms with Gasteiger partial charge in [0.15, 0.2) is 17.3 Å². The average Bonchev–Trinajstić information content (AvgIpc) is 3.29. The number of benzene rings is 2. The lowest BCUT2D eigenvalue weighted by atomic mass is 9.73. The van der Waals surface area contributed by atoms with Crippen molar-refractivity contribution in [3.8, 4) is 11.5 Å². The number of allylic oxidation sites excluding steroid dienone is 2. The molecule has 2 aromatic carbocycles. The van der Waals surface area contributed by atoms with Crippen LogP contribution < -0.4 is 14.8 Å². The van der Waals surface area contributed by atoms with Gasteiger partial charge in [0.25, 0.3) is 0 Å². The third-order valence-electron chi connectivity index (χ3n) is 6.89. The Labute approximate surface area is 233 Å². The fourth-order valence-corrected chi connectivity index (χ4v) is 6.13. The summed E-state index contributed by atoms with van der Waals surface area (Å²) in [5.74, 6) is 2.73. The highest BCUT2D eigenvalue weighted by atomic mass is 35.5. The van der Waals surface area contributed by atoms with Crippen LogP contribution in [0.2, 0.25) is 5.02 Å². The fourth-order valence-electron chi connectivity index (χ4n) is 5.02. The summed E-state index contributed by atoms with van der Waals surface area (Å²) in [6, 6.07) is 13.2. The van der Waals surface area contributed by atoms with E-state index in [1.165, 1.54) is 11.8 Å². The number of anilines is 1. The number of nitrogens with zero attached hydrogens (tertiary/aromatic N) is 3. The van der Waals surface area contributed by atoms with Gasteiger partial charge in [-0.2, -0.15) is 4.98 Å². The molecule has 1 aliphatic carbocycles. The second-order valence-electron chi connectivity index (χ2n) is 10.5. The molecular formula is C29H33ClN4O3S. The summed E-state index contributed by atoms with van der Waals surface area (Å²) >= 11 is 7.88. The zero-order valence-corrected chi connectivity index (χ0v) is 23.8. The van der Waals surface area contributed by atoms with Gasteiger partial charge in [-0.05, 0) is 47.6 Å². The number of ether oxygens (including phenoxy) is 2. The molecule has 2 heterocycles. The topological polar surface area (TPSA) is 78.3 Å². The number of fused-ring (bicyclic) bond motifs is 1. The number of rotatable bonds is 9. The van der Waals surface area contributed by atoms with E-state index in [9.17, 15) is 4.79 Å². The van der Waals surface area contributed by atoms with E-state index >= 15 is 0 Å². The Hall–Kier alpha value is -2.97. The average molecular weight is 553 g/mol. The van der Waals surface area contributed by atoms with Crippen LogP contribution in [-0.2, 0) is 10.5 Å². The first-order chi connectivity index (χ1) is 18.3. The highest BCUT2D eigenvalue weighted by molar-refractivity contribution is 7.98. The molecule has 200 valence electrons. The first kappa shape index (κ1) is 26.6. The Bertz CT molecular complexity index is 1380. The minimum absolute atomic E-state index is 0.127. The van der Waals surface area contributed by atoms with Crippen molar-refractivity contribution in [1.82, 2.24) is 14.8 Å². The summed E-state index contributed by atoms with van der Waals surface area (Å²) in [6.45, 7) is 7.01. The molecule has 5 rings (SSSR count). The van der Waals surface area contributed by atoms with Crippen LogP contribution in [0.25, 0.3) is 0 Å². The molecule has 9 heteroatoms. The number of methoxy groups -OCH3 is 1. The van der Waals surface area contributed by atoms with Gasteiger partial charge >= 0.3 is 0 Å². The van der Waals surface area contributed by atoms with Gasteiger partial charge in [-0.1, -0.05) is 74.8 Å². The van der Waals surface area contributed by atoms with Crippen molar-refractivity contribution in [3.05, 3.63) is 69.9 Å². The predicted octanol–water partition coefficient (Wildman–Crippen LogP) is 7.07. The number of carbonyl (C=O) groups excluding carboxylic acids is 1. The molecule has 1 atom stereocenters. The lowest BCUT2D eigenvalue weighted by Gasteiger charge is -2.38. The molecule has 0 saturated carbocycles. The number of halogens is 1. The zero-order chi connectivity index (χ0) is 26.9. The van der Waals surface area contributed by atoms with Crippen LogP contribution in [0.15, 0.2) is 58.9 Å². The van der Waals surface area contributed by atoms with E-state index in [2.05, 4.69) is 26.1 Å². The monoisotopic (exact) mass is 552 g/mol. The molecule has 38 heavy (non-hydrogen) atoms. The van der Waals surface area contributed by atoms with E-state index in [-0.39, 0.29) is 11.2 Å². The maximum atomic E-state index is 13.6. The minimum Gasteiger partial charge on any atom is -0.493 e. The van der Waals surface area contributed by atoms with E-state index in [1.807, 2.05) is 47.1 Å². The number of aromatic nitrogens is 3.